The van der Waals surface area contributed by atoms with Crippen molar-refractivity contribution in [3.63, 3.8) is 0 Å². The summed E-state index contributed by atoms with van der Waals surface area (Å²) >= 11 is 0. The summed E-state index contributed by atoms with van der Waals surface area (Å²) in [6, 6.07) is 57.1. The molecule has 0 fully saturated rings. The molecule has 10 rings (SSSR count). The van der Waals surface area contributed by atoms with Crippen LogP contribution in [-0.4, -0.2) is 24.5 Å². The van der Waals surface area contributed by atoms with Gasteiger partial charge in [0.1, 0.15) is 0 Å². The van der Waals surface area contributed by atoms with E-state index < -0.39 is 0 Å². The van der Waals surface area contributed by atoms with Gasteiger partial charge in [0.2, 0.25) is 5.95 Å². The second kappa shape index (κ2) is 21.9. The number of ether oxygens (including phenoxy) is 2. The third kappa shape index (κ3) is 10.5. The van der Waals surface area contributed by atoms with Crippen LogP contribution in [0, 0.1) is 24.3 Å². The van der Waals surface area contributed by atoms with E-state index in [0.29, 0.717) is 52.6 Å². The molecule has 9 heteroatoms. The van der Waals surface area contributed by atoms with Crippen molar-refractivity contribution in [1.82, 2.24) is 24.5 Å². The molecule has 4 aromatic heterocycles. The molecule has 7 nitrogen and oxygen atoms in total. The maximum absolute atomic E-state index is 6.48. The summed E-state index contributed by atoms with van der Waals surface area (Å²) in [5, 5.41) is 1.88. The Hall–Kier alpha value is -6.52. The molecule has 0 amide bonds. The monoisotopic (exact) mass is 1290 g/mol. The molecule has 6 aromatic carbocycles. The van der Waals surface area contributed by atoms with Gasteiger partial charge in [-0.2, -0.15) is 22.9 Å². The maximum atomic E-state index is 6.48. The van der Waals surface area contributed by atoms with Crippen LogP contribution in [-0.2, 0) is 42.1 Å². The van der Waals surface area contributed by atoms with Crippen molar-refractivity contribution in [1.29, 1.82) is 0 Å². The first-order chi connectivity index (χ1) is 33.5. The number of nitrogens with zero attached hydrogens (tertiary/aromatic N) is 5. The number of fused-ring (bicyclic) bond motifs is 3. The van der Waals surface area contributed by atoms with Gasteiger partial charge in [-0.05, 0) is 85.6 Å². The zero-order valence-corrected chi connectivity index (χ0v) is 45.5. The van der Waals surface area contributed by atoms with Gasteiger partial charge in [0.05, 0.1) is 0 Å². The van der Waals surface area contributed by atoms with Gasteiger partial charge < -0.3 is 24.0 Å². The summed E-state index contributed by atoms with van der Waals surface area (Å²) in [4.78, 5) is 19.2. The minimum absolute atomic E-state index is 0. The average Bonchev–Trinajstić information content (AvgIpc) is 3.69. The van der Waals surface area contributed by atoms with E-state index in [1.807, 2.05) is 77.6 Å². The standard InChI is InChI=1S/C62H53N5O2.2Pt/c1-38(2)50-18-11-19-51(39(3)4)60(50)44-22-28-56(65-36-44)42-14-9-16-46(32-42)68-48-24-26-54-55-27-25-49(35-59(55)67(58(54)34-48)62-63-30-13-31-64-62)69-47-17-10-15-43(33-47)57-29-23-45(37-66-57)61-52(40(5)6)20-12-21-53(61)41(7)8;;/h9-31,36-41H,1-8H3;;/q-4;2*+2. The molecule has 0 aliphatic heterocycles. The fourth-order valence-corrected chi connectivity index (χ4v) is 9.27. The van der Waals surface area contributed by atoms with Crippen molar-refractivity contribution in [3.05, 3.63) is 199 Å². The van der Waals surface area contributed by atoms with Crippen molar-refractivity contribution >= 4 is 21.8 Å². The molecule has 0 N–H and O–H groups in total. The number of rotatable bonds is 13. The van der Waals surface area contributed by atoms with E-state index in [1.54, 1.807) is 18.5 Å². The maximum Gasteiger partial charge on any atom is 2.00 e. The molecule has 0 radical (unpaired) electrons. The third-order valence-corrected chi connectivity index (χ3v) is 12.7. The fourth-order valence-electron chi connectivity index (χ4n) is 9.27. The zero-order chi connectivity index (χ0) is 47.8. The van der Waals surface area contributed by atoms with Crippen LogP contribution in [0.3, 0.4) is 0 Å². The Morgan fingerprint density at radius 2 is 0.775 bits per heavy atom. The van der Waals surface area contributed by atoms with Gasteiger partial charge >= 0.3 is 42.1 Å². The molecule has 0 aliphatic rings. The summed E-state index contributed by atoms with van der Waals surface area (Å²) in [5.74, 6) is 4.15. The van der Waals surface area contributed by atoms with Gasteiger partial charge in [0, 0.05) is 47.8 Å². The van der Waals surface area contributed by atoms with Crippen molar-refractivity contribution < 1.29 is 51.6 Å². The molecule has 0 unspecified atom stereocenters. The summed E-state index contributed by atoms with van der Waals surface area (Å²) in [6.45, 7) is 17.9. The predicted molar refractivity (Wildman–Crippen MR) is 278 cm³/mol. The first-order valence-corrected chi connectivity index (χ1v) is 23.8. The van der Waals surface area contributed by atoms with Gasteiger partial charge in [-0.25, -0.2) is 9.97 Å². The molecule has 71 heavy (non-hydrogen) atoms. The SMILES string of the molecule is CC(C)c1cccc(C(C)C)c1-c1ccc(-c2[c-]c(Oc3[c-]c4c(cc3)c3ccc(Oc5[c-]c(-c6ccc(-c7c(C(C)C)cccc7C(C)C)cn6)ccc5)[c-]c3n4-c3ncccn3)ccc2)nc1.[Pt+2].[Pt+2]. The summed E-state index contributed by atoms with van der Waals surface area (Å²) in [7, 11) is 0. The van der Waals surface area contributed by atoms with Crippen LogP contribution in [0.25, 0.3) is 72.5 Å². The minimum Gasteiger partial charge on any atom is -0.503 e. The quantitative estimate of drug-likeness (QED) is 0.107. The predicted octanol–water partition coefficient (Wildman–Crippen LogP) is 16.3. The fraction of sp³-hybridized carbons (Fsp3) is 0.194. The van der Waals surface area contributed by atoms with Gasteiger partial charge in [-0.15, -0.1) is 71.8 Å². The summed E-state index contributed by atoms with van der Waals surface area (Å²) in [6.07, 6.45) is 7.40. The molecule has 0 saturated heterocycles. The topological polar surface area (TPSA) is 75.0 Å². The van der Waals surface area contributed by atoms with Crippen LogP contribution in [0.2, 0.25) is 0 Å². The van der Waals surface area contributed by atoms with Crippen molar-refractivity contribution in [3.8, 4) is 73.7 Å². The summed E-state index contributed by atoms with van der Waals surface area (Å²) in [5.41, 5.74) is 14.8. The van der Waals surface area contributed by atoms with E-state index >= 15 is 0 Å². The second-order valence-electron chi connectivity index (χ2n) is 18.7. The Balaban J connectivity index is 0.00000338. The number of benzene rings is 6. The Kier molecular flexibility index (Phi) is 15.7. The van der Waals surface area contributed by atoms with Crippen LogP contribution in [0.5, 0.6) is 23.0 Å². The second-order valence-corrected chi connectivity index (χ2v) is 18.7. The van der Waals surface area contributed by atoms with E-state index in [1.165, 1.54) is 33.4 Å². The Bertz CT molecular complexity index is 3200. The molecule has 4 heterocycles. The molecular formula is C62H53N5O2Pt2. The van der Waals surface area contributed by atoms with Crippen LogP contribution < -0.4 is 9.47 Å². The van der Waals surface area contributed by atoms with Crippen LogP contribution in [0.1, 0.15) is 101 Å². The van der Waals surface area contributed by atoms with E-state index in [2.05, 4.69) is 150 Å². The number of hydrogen-bond donors (Lipinski definition) is 0. The van der Waals surface area contributed by atoms with E-state index in [9.17, 15) is 0 Å². The molecule has 0 saturated carbocycles. The molecule has 0 bridgehead atoms. The van der Waals surface area contributed by atoms with Gasteiger partial charge in [-0.3, -0.25) is 0 Å². The van der Waals surface area contributed by atoms with Crippen molar-refractivity contribution in [2.24, 2.45) is 0 Å². The van der Waals surface area contributed by atoms with Gasteiger partial charge in [-0.1, -0.05) is 139 Å². The minimum atomic E-state index is 0. The molecular weight excluding hydrogens is 1240 g/mol. The third-order valence-electron chi connectivity index (χ3n) is 12.7. The van der Waals surface area contributed by atoms with Crippen LogP contribution in [0.4, 0.5) is 0 Å². The Morgan fingerprint density at radius 1 is 0.394 bits per heavy atom. The van der Waals surface area contributed by atoms with Crippen molar-refractivity contribution in [2.75, 3.05) is 0 Å². The largest absolute Gasteiger partial charge is 2.00 e. The van der Waals surface area contributed by atoms with E-state index in [4.69, 9.17) is 19.4 Å². The Morgan fingerprint density at radius 3 is 1.14 bits per heavy atom. The molecule has 0 spiro atoms. The normalized spacial score (nSPS) is 11.4. The number of hydrogen-bond acceptors (Lipinski definition) is 6. The molecule has 0 aliphatic carbocycles. The Labute approximate surface area is 446 Å². The number of pyridine rings is 2. The molecule has 10 aromatic rings. The molecule has 358 valence electrons. The summed E-state index contributed by atoms with van der Waals surface area (Å²) < 4.78 is 14.9. The van der Waals surface area contributed by atoms with Gasteiger partial charge in [0.15, 0.2) is 0 Å². The van der Waals surface area contributed by atoms with Crippen LogP contribution >= 0.6 is 0 Å². The first-order valence-electron chi connectivity index (χ1n) is 23.8. The first kappa shape index (κ1) is 50.9. The molecule has 0 atom stereocenters. The van der Waals surface area contributed by atoms with E-state index in [-0.39, 0.29) is 42.1 Å². The van der Waals surface area contributed by atoms with Gasteiger partial charge in [0.25, 0.3) is 0 Å². The van der Waals surface area contributed by atoms with Crippen molar-refractivity contribution in [2.45, 2.75) is 79.1 Å². The number of aromatic nitrogens is 5. The zero-order valence-electron chi connectivity index (χ0n) is 40.9. The van der Waals surface area contributed by atoms with Crippen LogP contribution in [0.15, 0.2) is 152 Å². The van der Waals surface area contributed by atoms with E-state index in [0.717, 1.165) is 55.4 Å². The smallest absolute Gasteiger partial charge is 0.503 e. The average molecular weight is 1290 g/mol.